The molecule has 98 valence electrons. The van der Waals surface area contributed by atoms with E-state index in [4.69, 9.17) is 5.73 Å². The highest BCUT2D eigenvalue weighted by Crippen LogP contribution is 2.19. The maximum absolute atomic E-state index is 11.6. The third-order valence-corrected chi connectivity index (χ3v) is 2.31. The quantitative estimate of drug-likeness (QED) is 0.710. The van der Waals surface area contributed by atoms with Crippen molar-refractivity contribution in [3.8, 4) is 0 Å². The van der Waals surface area contributed by atoms with Gasteiger partial charge in [-0.25, -0.2) is 9.78 Å². The minimum absolute atomic E-state index is 0.0808. The summed E-state index contributed by atoms with van der Waals surface area (Å²) < 4.78 is 4.65. The highest BCUT2D eigenvalue weighted by Gasteiger charge is 2.18. The number of esters is 1. The molecule has 0 saturated carbocycles. The molecule has 0 unspecified atom stereocenters. The molecule has 0 aliphatic rings. The Morgan fingerprint density at radius 1 is 1.56 bits per heavy atom. The van der Waals surface area contributed by atoms with E-state index in [1.54, 1.807) is 11.9 Å². The molecule has 1 rings (SSSR count). The fourth-order valence-electron chi connectivity index (χ4n) is 1.41. The molecule has 3 N–H and O–H groups in total. The molecule has 0 aliphatic heterocycles. The van der Waals surface area contributed by atoms with Crippen molar-refractivity contribution in [2.45, 2.75) is 0 Å². The lowest BCUT2D eigenvalue weighted by Crippen LogP contribution is -2.34. The Morgan fingerprint density at radius 3 is 2.78 bits per heavy atom. The summed E-state index contributed by atoms with van der Waals surface area (Å²) in [5, 5.41) is 2.49. The number of pyridine rings is 1. The van der Waals surface area contributed by atoms with E-state index >= 15 is 0 Å². The predicted octanol–water partition coefficient (Wildman–Crippen LogP) is -0.367. The van der Waals surface area contributed by atoms with Crippen molar-refractivity contribution in [1.82, 2.24) is 10.3 Å². The highest BCUT2D eigenvalue weighted by atomic mass is 16.5. The molecule has 0 saturated heterocycles. The summed E-state index contributed by atoms with van der Waals surface area (Å²) in [5.41, 5.74) is 6.16. The second-order valence-electron chi connectivity index (χ2n) is 3.66. The maximum Gasteiger partial charge on any atom is 0.341 e. The number of amides is 1. The standard InChI is InChI=1S/C11H16N4O3/c1-13-9(16)6-15(2)10-8(11(17)18-3)4-7(12)5-14-10/h4-5H,6,12H2,1-3H3,(H,13,16). The molecule has 0 aromatic carbocycles. The van der Waals surface area contributed by atoms with E-state index in [2.05, 4.69) is 15.0 Å². The van der Waals surface area contributed by atoms with Gasteiger partial charge < -0.3 is 20.7 Å². The summed E-state index contributed by atoms with van der Waals surface area (Å²) in [5.74, 6) is -0.389. The summed E-state index contributed by atoms with van der Waals surface area (Å²) in [7, 11) is 4.46. The number of nitrogens with zero attached hydrogens (tertiary/aromatic N) is 2. The van der Waals surface area contributed by atoms with Crippen LogP contribution < -0.4 is 16.0 Å². The van der Waals surface area contributed by atoms with Crippen molar-refractivity contribution in [2.24, 2.45) is 0 Å². The second kappa shape index (κ2) is 5.85. The molecular weight excluding hydrogens is 236 g/mol. The summed E-state index contributed by atoms with van der Waals surface area (Å²) in [6.45, 7) is 0.0808. The molecule has 7 heteroatoms. The van der Waals surface area contributed by atoms with Crippen molar-refractivity contribution in [1.29, 1.82) is 0 Å². The molecule has 18 heavy (non-hydrogen) atoms. The number of nitrogens with two attached hydrogens (primary N) is 1. The number of nitrogens with one attached hydrogen (secondary N) is 1. The number of ether oxygens (including phenoxy) is 1. The van der Waals surface area contributed by atoms with Crippen LogP contribution in [0.4, 0.5) is 11.5 Å². The Kier molecular flexibility index (Phi) is 4.47. The zero-order valence-corrected chi connectivity index (χ0v) is 10.6. The maximum atomic E-state index is 11.6. The molecular formula is C11H16N4O3. The Labute approximate surface area is 105 Å². The van der Waals surface area contributed by atoms with Crippen LogP contribution in [0.5, 0.6) is 0 Å². The fraction of sp³-hybridized carbons (Fsp3) is 0.364. The third kappa shape index (κ3) is 3.09. The van der Waals surface area contributed by atoms with E-state index in [-0.39, 0.29) is 18.0 Å². The first-order chi connectivity index (χ1) is 8.49. The Balaban J connectivity index is 3.07. The first kappa shape index (κ1) is 13.8. The van der Waals surface area contributed by atoms with Crippen molar-refractivity contribution < 1.29 is 14.3 Å². The number of hydrogen-bond donors (Lipinski definition) is 2. The van der Waals surface area contributed by atoms with Crippen LogP contribution in [0.3, 0.4) is 0 Å². The molecule has 0 spiro atoms. The molecule has 0 bridgehead atoms. The van der Waals surface area contributed by atoms with Crippen LogP contribution in [-0.2, 0) is 9.53 Å². The topological polar surface area (TPSA) is 97.5 Å². The van der Waals surface area contributed by atoms with Gasteiger partial charge in [-0.3, -0.25) is 4.79 Å². The lowest BCUT2D eigenvalue weighted by molar-refractivity contribution is -0.119. The Hall–Kier alpha value is -2.31. The van der Waals surface area contributed by atoms with E-state index in [0.717, 1.165) is 0 Å². The lowest BCUT2D eigenvalue weighted by atomic mass is 10.2. The molecule has 1 heterocycles. The third-order valence-electron chi connectivity index (χ3n) is 2.31. The van der Waals surface area contributed by atoms with Crippen LogP contribution in [0.1, 0.15) is 10.4 Å². The van der Waals surface area contributed by atoms with Gasteiger partial charge >= 0.3 is 5.97 Å². The average molecular weight is 252 g/mol. The van der Waals surface area contributed by atoms with Gasteiger partial charge in [0.25, 0.3) is 0 Å². The summed E-state index contributed by atoms with van der Waals surface area (Å²) in [6.07, 6.45) is 1.42. The van der Waals surface area contributed by atoms with Gasteiger partial charge in [-0.1, -0.05) is 0 Å². The number of aromatic nitrogens is 1. The van der Waals surface area contributed by atoms with Crippen LogP contribution in [0.25, 0.3) is 0 Å². The van der Waals surface area contributed by atoms with Gasteiger partial charge in [0.2, 0.25) is 5.91 Å². The molecule has 0 fully saturated rings. The molecule has 0 aliphatic carbocycles. The van der Waals surface area contributed by atoms with Gasteiger partial charge in [-0.2, -0.15) is 0 Å². The first-order valence-electron chi connectivity index (χ1n) is 5.25. The zero-order valence-electron chi connectivity index (χ0n) is 10.6. The van der Waals surface area contributed by atoms with E-state index in [0.29, 0.717) is 11.5 Å². The van der Waals surface area contributed by atoms with E-state index in [1.165, 1.54) is 26.4 Å². The summed E-state index contributed by atoms with van der Waals surface area (Å²) >= 11 is 0. The van der Waals surface area contributed by atoms with Crippen molar-refractivity contribution >= 4 is 23.4 Å². The molecule has 7 nitrogen and oxygen atoms in total. The van der Waals surface area contributed by atoms with Crippen LogP contribution in [-0.4, -0.2) is 44.6 Å². The van der Waals surface area contributed by atoms with E-state index in [9.17, 15) is 9.59 Å². The summed E-state index contributed by atoms with van der Waals surface area (Å²) in [6, 6.07) is 1.47. The van der Waals surface area contributed by atoms with Gasteiger partial charge in [0.05, 0.1) is 25.5 Å². The molecule has 1 aromatic rings. The summed E-state index contributed by atoms with van der Waals surface area (Å²) in [4.78, 5) is 28.5. The molecule has 0 atom stereocenters. The van der Waals surface area contributed by atoms with Crippen molar-refractivity contribution in [3.05, 3.63) is 17.8 Å². The van der Waals surface area contributed by atoms with Crippen LogP contribution >= 0.6 is 0 Å². The average Bonchev–Trinajstić information content (AvgIpc) is 2.37. The molecule has 0 radical (unpaired) electrons. The van der Waals surface area contributed by atoms with Gasteiger partial charge in [-0.05, 0) is 6.07 Å². The highest BCUT2D eigenvalue weighted by molar-refractivity contribution is 5.96. The number of carbonyl (C=O) groups excluding carboxylic acids is 2. The van der Waals surface area contributed by atoms with Gasteiger partial charge in [0.1, 0.15) is 11.4 Å². The number of nitrogen functional groups attached to an aromatic ring is 1. The number of anilines is 2. The van der Waals surface area contributed by atoms with Gasteiger partial charge in [0, 0.05) is 14.1 Å². The van der Waals surface area contributed by atoms with Crippen LogP contribution in [0.15, 0.2) is 12.3 Å². The predicted molar refractivity (Wildman–Crippen MR) is 67.3 cm³/mol. The van der Waals surface area contributed by atoms with Crippen LogP contribution in [0, 0.1) is 0 Å². The molecule has 1 aromatic heterocycles. The Morgan fingerprint density at radius 2 is 2.22 bits per heavy atom. The SMILES string of the molecule is CNC(=O)CN(C)c1ncc(N)cc1C(=O)OC. The fourth-order valence-corrected chi connectivity index (χ4v) is 1.41. The normalized spacial score (nSPS) is 9.72. The number of carbonyl (C=O) groups is 2. The monoisotopic (exact) mass is 252 g/mol. The number of methoxy groups -OCH3 is 1. The molecule has 1 amide bonds. The van der Waals surface area contributed by atoms with E-state index < -0.39 is 5.97 Å². The van der Waals surface area contributed by atoms with E-state index in [1.807, 2.05) is 0 Å². The van der Waals surface area contributed by atoms with Crippen molar-refractivity contribution in [3.63, 3.8) is 0 Å². The Bertz CT molecular complexity index is 462. The number of hydrogen-bond acceptors (Lipinski definition) is 6. The first-order valence-corrected chi connectivity index (χ1v) is 5.25. The van der Waals surface area contributed by atoms with Crippen molar-refractivity contribution in [2.75, 3.05) is 38.4 Å². The van der Waals surface area contributed by atoms with Gasteiger partial charge in [0.15, 0.2) is 0 Å². The lowest BCUT2D eigenvalue weighted by Gasteiger charge is -2.19. The smallest absolute Gasteiger partial charge is 0.341 e. The minimum atomic E-state index is -0.548. The second-order valence-corrected chi connectivity index (χ2v) is 3.66. The van der Waals surface area contributed by atoms with Crippen LogP contribution in [0.2, 0.25) is 0 Å². The number of likely N-dealkylation sites (N-methyl/N-ethyl adjacent to an activating group) is 2. The zero-order chi connectivity index (χ0) is 13.7. The largest absolute Gasteiger partial charge is 0.465 e. The number of rotatable bonds is 4. The minimum Gasteiger partial charge on any atom is -0.465 e. The van der Waals surface area contributed by atoms with Gasteiger partial charge in [-0.15, -0.1) is 0 Å².